The van der Waals surface area contributed by atoms with Crippen LogP contribution in [0, 0.1) is 13.8 Å². The molecule has 200 valence electrons. The van der Waals surface area contributed by atoms with E-state index >= 15 is 0 Å². The van der Waals surface area contributed by atoms with Crippen LogP contribution in [-0.2, 0) is 22.4 Å². The standard InChI is InChI=1S/C25H29N7O5S/c1-15-9-17(13-26-11-15)25-30-29-22(32(25)23-20(35-3)7-6-8-21(23)36-4)10-18(31-38(33)34)24(37-5)19-14-27-16(2)12-28-19/h6-9,11-14,18,24,31H,10H2,1-5H3,(H,33,34)/t18-,24-/m1/s1. The zero-order valence-electron chi connectivity index (χ0n) is 21.7. The Balaban J connectivity index is 1.89. The first kappa shape index (κ1) is 27.3. The molecule has 4 rings (SSSR count). The lowest BCUT2D eigenvalue weighted by Crippen LogP contribution is -2.39. The molecule has 12 nitrogen and oxygen atoms in total. The number of aromatic nitrogens is 6. The van der Waals surface area contributed by atoms with Crippen molar-refractivity contribution in [3.8, 4) is 28.6 Å². The molecule has 0 fully saturated rings. The van der Waals surface area contributed by atoms with Gasteiger partial charge in [-0.05, 0) is 37.6 Å². The number of hydrogen-bond donors (Lipinski definition) is 2. The molecule has 0 saturated carbocycles. The second-order valence-corrected chi connectivity index (χ2v) is 9.19. The quantitative estimate of drug-likeness (QED) is 0.273. The third-order valence-corrected chi connectivity index (χ3v) is 6.36. The molecule has 0 radical (unpaired) electrons. The van der Waals surface area contributed by atoms with Crippen molar-refractivity contribution in [1.82, 2.24) is 34.4 Å². The lowest BCUT2D eigenvalue weighted by molar-refractivity contribution is 0.0705. The molecule has 3 atom stereocenters. The summed E-state index contributed by atoms with van der Waals surface area (Å²) in [6.07, 6.45) is 6.02. The Morgan fingerprint density at radius 2 is 1.76 bits per heavy atom. The monoisotopic (exact) mass is 539 g/mol. The highest BCUT2D eigenvalue weighted by Gasteiger charge is 2.31. The highest BCUT2D eigenvalue weighted by atomic mass is 32.2. The van der Waals surface area contributed by atoms with Gasteiger partial charge in [-0.1, -0.05) is 6.07 Å². The van der Waals surface area contributed by atoms with E-state index < -0.39 is 23.4 Å². The first-order valence-corrected chi connectivity index (χ1v) is 12.7. The zero-order valence-corrected chi connectivity index (χ0v) is 22.5. The van der Waals surface area contributed by atoms with Crippen molar-refractivity contribution in [3.63, 3.8) is 0 Å². The molecule has 3 heterocycles. The molecule has 0 aliphatic rings. The molecule has 0 bridgehead atoms. The van der Waals surface area contributed by atoms with Crippen LogP contribution in [0.25, 0.3) is 17.1 Å². The SMILES string of the molecule is COc1cccc(OC)c1-n1c(C[C@@H](NS(=O)O)[C@@H](OC)c2cnc(C)cn2)nnc1-c1cncc(C)c1. The minimum atomic E-state index is -2.36. The number of pyridine rings is 1. The van der Waals surface area contributed by atoms with Crippen LogP contribution in [0.4, 0.5) is 0 Å². The van der Waals surface area contributed by atoms with E-state index in [1.54, 1.807) is 55.7 Å². The van der Waals surface area contributed by atoms with E-state index in [2.05, 4.69) is 29.9 Å². The Kier molecular flexibility index (Phi) is 8.73. The van der Waals surface area contributed by atoms with Gasteiger partial charge in [0.15, 0.2) is 5.82 Å². The summed E-state index contributed by atoms with van der Waals surface area (Å²) in [6, 6.07) is 6.62. The molecular weight excluding hydrogens is 510 g/mol. The summed E-state index contributed by atoms with van der Waals surface area (Å²) < 4.78 is 43.3. The highest BCUT2D eigenvalue weighted by molar-refractivity contribution is 7.77. The molecular formula is C25H29N7O5S. The molecule has 0 spiro atoms. The largest absolute Gasteiger partial charge is 0.494 e. The number of para-hydroxylation sites is 1. The third-order valence-electron chi connectivity index (χ3n) is 5.86. The van der Waals surface area contributed by atoms with E-state index in [0.717, 1.165) is 16.8 Å². The first-order valence-electron chi connectivity index (χ1n) is 11.6. The fraction of sp³-hybridized carbons (Fsp3) is 0.320. The molecule has 4 aromatic rings. The summed E-state index contributed by atoms with van der Waals surface area (Å²) in [6.45, 7) is 3.76. The fourth-order valence-electron chi connectivity index (χ4n) is 4.18. The predicted molar refractivity (Wildman–Crippen MR) is 140 cm³/mol. The first-order chi connectivity index (χ1) is 18.4. The molecule has 0 amide bonds. The van der Waals surface area contributed by atoms with E-state index in [1.165, 1.54) is 7.11 Å². The number of ether oxygens (including phenoxy) is 3. The van der Waals surface area contributed by atoms with Gasteiger partial charge in [-0.3, -0.25) is 24.1 Å². The van der Waals surface area contributed by atoms with Gasteiger partial charge in [0.2, 0.25) is 11.3 Å². The van der Waals surface area contributed by atoms with Crippen LogP contribution < -0.4 is 14.2 Å². The van der Waals surface area contributed by atoms with E-state index in [1.807, 2.05) is 26.0 Å². The second kappa shape index (κ2) is 12.2. The summed E-state index contributed by atoms with van der Waals surface area (Å²) in [7, 11) is 4.62. The summed E-state index contributed by atoms with van der Waals surface area (Å²) in [5.41, 5.74) is 3.46. The Labute approximate surface area is 222 Å². The highest BCUT2D eigenvalue weighted by Crippen LogP contribution is 2.37. The Bertz CT molecular complexity index is 1390. The van der Waals surface area contributed by atoms with Gasteiger partial charge in [0.05, 0.1) is 37.8 Å². The molecule has 0 aliphatic carbocycles. The second-order valence-electron chi connectivity index (χ2n) is 8.45. The topological polar surface area (TPSA) is 146 Å². The van der Waals surface area contributed by atoms with E-state index in [-0.39, 0.29) is 6.42 Å². The number of methoxy groups -OCH3 is 3. The summed E-state index contributed by atoms with van der Waals surface area (Å²) in [5.74, 6) is 1.99. The van der Waals surface area contributed by atoms with Crippen LogP contribution in [0.1, 0.15) is 28.9 Å². The molecule has 3 aromatic heterocycles. The predicted octanol–water partition coefficient (Wildman–Crippen LogP) is 2.78. The van der Waals surface area contributed by atoms with E-state index in [4.69, 9.17) is 14.2 Å². The number of hydrogen-bond acceptors (Lipinski definition) is 9. The maximum atomic E-state index is 11.9. The van der Waals surface area contributed by atoms with Crippen molar-refractivity contribution < 1.29 is 23.0 Å². The lowest BCUT2D eigenvalue weighted by Gasteiger charge is -2.25. The van der Waals surface area contributed by atoms with Crippen molar-refractivity contribution in [1.29, 1.82) is 0 Å². The minimum absolute atomic E-state index is 0.119. The van der Waals surface area contributed by atoms with Crippen molar-refractivity contribution >= 4 is 11.3 Å². The molecule has 2 N–H and O–H groups in total. The molecule has 1 unspecified atom stereocenters. The minimum Gasteiger partial charge on any atom is -0.494 e. The molecule has 0 saturated heterocycles. The van der Waals surface area contributed by atoms with Gasteiger partial charge >= 0.3 is 0 Å². The smallest absolute Gasteiger partial charge is 0.232 e. The van der Waals surface area contributed by atoms with Crippen LogP contribution in [-0.4, -0.2) is 65.8 Å². The van der Waals surface area contributed by atoms with Crippen LogP contribution >= 0.6 is 0 Å². The van der Waals surface area contributed by atoms with Crippen LogP contribution in [0.3, 0.4) is 0 Å². The average molecular weight is 540 g/mol. The fourth-order valence-corrected chi connectivity index (χ4v) is 4.64. The van der Waals surface area contributed by atoms with Crippen molar-refractivity contribution in [2.24, 2.45) is 0 Å². The van der Waals surface area contributed by atoms with E-state index in [9.17, 15) is 8.76 Å². The number of nitrogens with one attached hydrogen (secondary N) is 1. The number of aryl methyl sites for hydroxylation is 2. The zero-order chi connectivity index (χ0) is 27.2. The molecule has 1 aromatic carbocycles. The lowest BCUT2D eigenvalue weighted by atomic mass is 10.0. The van der Waals surface area contributed by atoms with Gasteiger partial charge in [-0.25, -0.2) is 8.93 Å². The van der Waals surface area contributed by atoms with Gasteiger partial charge in [-0.15, -0.1) is 10.2 Å². The average Bonchev–Trinajstić information content (AvgIpc) is 3.32. The van der Waals surface area contributed by atoms with Gasteiger partial charge in [0.25, 0.3) is 0 Å². The summed E-state index contributed by atoms with van der Waals surface area (Å²) in [4.78, 5) is 13.0. The molecule has 38 heavy (non-hydrogen) atoms. The number of rotatable bonds is 11. The van der Waals surface area contributed by atoms with Crippen molar-refractivity contribution in [3.05, 3.63) is 71.8 Å². The maximum absolute atomic E-state index is 11.9. The van der Waals surface area contributed by atoms with Crippen LogP contribution in [0.5, 0.6) is 11.5 Å². The normalized spacial score (nSPS) is 13.6. The summed E-state index contributed by atoms with van der Waals surface area (Å²) in [5, 5.41) is 8.97. The van der Waals surface area contributed by atoms with Gasteiger partial charge in [-0.2, -0.15) is 0 Å². The van der Waals surface area contributed by atoms with Crippen molar-refractivity contribution in [2.45, 2.75) is 32.4 Å². The maximum Gasteiger partial charge on any atom is 0.232 e. The third kappa shape index (κ3) is 5.86. The van der Waals surface area contributed by atoms with Crippen LogP contribution in [0.2, 0.25) is 0 Å². The Hall–Kier alpha value is -3.78. The summed E-state index contributed by atoms with van der Waals surface area (Å²) >= 11 is -2.36. The molecule has 0 aliphatic heterocycles. The van der Waals surface area contributed by atoms with Gasteiger partial charge < -0.3 is 14.2 Å². The van der Waals surface area contributed by atoms with Gasteiger partial charge in [0, 0.05) is 37.7 Å². The number of benzene rings is 1. The van der Waals surface area contributed by atoms with Gasteiger partial charge in [0.1, 0.15) is 29.1 Å². The Morgan fingerprint density at radius 1 is 1.03 bits per heavy atom. The van der Waals surface area contributed by atoms with Crippen molar-refractivity contribution in [2.75, 3.05) is 21.3 Å². The number of nitrogens with zero attached hydrogens (tertiary/aromatic N) is 6. The van der Waals surface area contributed by atoms with Crippen LogP contribution in [0.15, 0.2) is 49.1 Å². The Morgan fingerprint density at radius 3 is 2.34 bits per heavy atom. The van der Waals surface area contributed by atoms with E-state index in [0.29, 0.717) is 34.5 Å². The molecule has 13 heteroatoms.